The molecule has 4 N–H and O–H groups in total. The van der Waals surface area contributed by atoms with Crippen molar-refractivity contribution in [2.24, 2.45) is 5.41 Å². The largest absolute Gasteiger partial charge is 0.408 e. The van der Waals surface area contributed by atoms with Crippen LogP contribution in [0.3, 0.4) is 0 Å². The maximum atomic E-state index is 13.6. The number of carbonyl (C=O) groups excluding carboxylic acids is 2. The molecule has 2 amide bonds. The maximum Gasteiger partial charge on any atom is 0.312 e. The van der Waals surface area contributed by atoms with E-state index in [4.69, 9.17) is 10.2 Å². The molecule has 4 rings (SSSR count). The Bertz CT molecular complexity index is 976. The van der Waals surface area contributed by atoms with Crippen LogP contribution >= 0.6 is 0 Å². The number of nitrogens with zero attached hydrogens (tertiary/aromatic N) is 6. The Labute approximate surface area is 185 Å². The van der Waals surface area contributed by atoms with Crippen LogP contribution in [0.4, 0.5) is 6.01 Å². The molecule has 2 aromatic rings. The second kappa shape index (κ2) is 8.49. The van der Waals surface area contributed by atoms with Crippen LogP contribution in [0, 0.1) is 5.41 Å². The van der Waals surface area contributed by atoms with Crippen LogP contribution in [0.2, 0.25) is 0 Å². The first-order valence-electron chi connectivity index (χ1n) is 10.9. The van der Waals surface area contributed by atoms with E-state index in [9.17, 15) is 14.7 Å². The van der Waals surface area contributed by atoms with Gasteiger partial charge < -0.3 is 25.5 Å². The van der Waals surface area contributed by atoms with Gasteiger partial charge in [0.15, 0.2) is 0 Å². The van der Waals surface area contributed by atoms with E-state index in [0.29, 0.717) is 18.2 Å². The first-order valence-corrected chi connectivity index (χ1v) is 10.9. The van der Waals surface area contributed by atoms with E-state index in [1.54, 1.807) is 4.68 Å². The third kappa shape index (κ3) is 4.74. The molecule has 0 aromatic carbocycles. The smallest absolute Gasteiger partial charge is 0.312 e. The lowest BCUT2D eigenvalue weighted by Gasteiger charge is -2.34. The molecule has 0 radical (unpaired) electrons. The van der Waals surface area contributed by atoms with Gasteiger partial charge in [-0.2, -0.15) is 0 Å². The summed E-state index contributed by atoms with van der Waals surface area (Å²) < 4.78 is 6.70. The number of amides is 2. The number of carbonyl (C=O) groups is 2. The molecule has 3 heterocycles. The number of anilines is 1. The molecule has 3 atom stereocenters. The molecular formula is C20H30N8O4. The van der Waals surface area contributed by atoms with Crippen molar-refractivity contribution in [2.45, 2.75) is 70.6 Å². The van der Waals surface area contributed by atoms with Gasteiger partial charge in [-0.25, -0.2) is 4.68 Å². The normalized spacial score (nSPS) is 22.2. The molecular weight excluding hydrogens is 416 g/mol. The van der Waals surface area contributed by atoms with E-state index in [0.717, 1.165) is 18.5 Å². The molecule has 1 aliphatic heterocycles. The minimum absolute atomic E-state index is 0.0341. The highest BCUT2D eigenvalue weighted by molar-refractivity contribution is 5.90. The minimum atomic E-state index is -0.776. The third-order valence-electron chi connectivity index (χ3n) is 5.83. The fraction of sp³-hybridized carbons (Fsp3) is 0.700. The highest BCUT2D eigenvalue weighted by Crippen LogP contribution is 2.40. The van der Waals surface area contributed by atoms with Gasteiger partial charge in [0.05, 0.1) is 11.8 Å². The van der Waals surface area contributed by atoms with Crippen LogP contribution in [0.1, 0.15) is 63.6 Å². The van der Waals surface area contributed by atoms with E-state index in [-0.39, 0.29) is 37.3 Å². The van der Waals surface area contributed by atoms with Gasteiger partial charge in [0, 0.05) is 38.0 Å². The Morgan fingerprint density at radius 1 is 1.31 bits per heavy atom. The van der Waals surface area contributed by atoms with Gasteiger partial charge in [0.1, 0.15) is 12.1 Å². The predicted octanol–water partition coefficient (Wildman–Crippen LogP) is 0.0286. The number of aliphatic hydroxyl groups excluding tert-OH is 1. The molecule has 1 saturated carbocycles. The van der Waals surface area contributed by atoms with Crippen molar-refractivity contribution < 1.29 is 19.1 Å². The van der Waals surface area contributed by atoms with Gasteiger partial charge in [-0.3, -0.25) is 9.59 Å². The van der Waals surface area contributed by atoms with Crippen LogP contribution in [0.5, 0.6) is 0 Å². The van der Waals surface area contributed by atoms with Crippen molar-refractivity contribution in [2.75, 3.05) is 18.8 Å². The van der Waals surface area contributed by atoms with E-state index in [1.807, 2.05) is 27.0 Å². The minimum Gasteiger partial charge on any atom is -0.408 e. The summed E-state index contributed by atoms with van der Waals surface area (Å²) in [6, 6.07) is -1.46. The molecule has 1 aliphatic carbocycles. The molecule has 32 heavy (non-hydrogen) atoms. The zero-order valence-corrected chi connectivity index (χ0v) is 18.6. The second-order valence-electron chi connectivity index (χ2n) is 9.64. The highest BCUT2D eigenvalue weighted by Gasteiger charge is 2.45. The number of hydrogen-bond donors (Lipinski definition) is 3. The van der Waals surface area contributed by atoms with Gasteiger partial charge in [0.25, 0.3) is 0 Å². The summed E-state index contributed by atoms with van der Waals surface area (Å²) in [5, 5.41) is 28.9. The lowest BCUT2D eigenvalue weighted by Crippen LogP contribution is -2.50. The Morgan fingerprint density at radius 3 is 2.69 bits per heavy atom. The van der Waals surface area contributed by atoms with Crippen molar-refractivity contribution >= 4 is 17.8 Å². The number of likely N-dealkylation sites (tertiary alicyclic amines) is 1. The first-order chi connectivity index (χ1) is 15.1. The molecule has 1 saturated heterocycles. The molecule has 12 nitrogen and oxygen atoms in total. The van der Waals surface area contributed by atoms with Crippen molar-refractivity contribution in [1.29, 1.82) is 0 Å². The molecule has 174 valence electrons. The number of nitrogen functional groups attached to an aromatic ring is 1. The summed E-state index contributed by atoms with van der Waals surface area (Å²) >= 11 is 0. The van der Waals surface area contributed by atoms with E-state index in [1.165, 1.54) is 4.90 Å². The maximum absolute atomic E-state index is 13.6. The lowest BCUT2D eigenvalue weighted by atomic mass is 9.85. The van der Waals surface area contributed by atoms with Gasteiger partial charge in [-0.15, -0.1) is 10.2 Å². The highest BCUT2D eigenvalue weighted by atomic mass is 16.4. The van der Waals surface area contributed by atoms with Gasteiger partial charge in [0.2, 0.25) is 17.7 Å². The van der Waals surface area contributed by atoms with Crippen LogP contribution in [-0.4, -0.2) is 72.2 Å². The summed E-state index contributed by atoms with van der Waals surface area (Å²) in [5.74, 6) is 0.131. The standard InChI is InChI=1S/C20H30N8O4/c1-20(2,3)16(28-10-13(23-26-28)11-4-5-11)18(31)27-9-12(29)8-14(27)17(30)22-7-6-15-24-25-19(21)32-15/h10-12,14,16,29H,4-9H2,1-3H3,(H2,21,25)(H,22,30)/t12?,14?,16-/m1/s1. The number of nitrogens with two attached hydrogens (primary N) is 1. The van der Waals surface area contributed by atoms with Gasteiger partial charge in [-0.1, -0.05) is 31.1 Å². The topological polar surface area (TPSA) is 165 Å². The zero-order chi connectivity index (χ0) is 23.0. The summed E-state index contributed by atoms with van der Waals surface area (Å²) in [5.41, 5.74) is 5.82. The van der Waals surface area contributed by atoms with E-state index >= 15 is 0 Å². The lowest BCUT2D eigenvalue weighted by molar-refractivity contribution is -0.144. The zero-order valence-electron chi connectivity index (χ0n) is 18.6. The molecule has 12 heteroatoms. The fourth-order valence-corrected chi connectivity index (χ4v) is 4.10. The Kier molecular flexibility index (Phi) is 5.89. The summed E-state index contributed by atoms with van der Waals surface area (Å²) in [6.07, 6.45) is 3.72. The quantitative estimate of drug-likeness (QED) is 0.532. The summed E-state index contributed by atoms with van der Waals surface area (Å²) in [4.78, 5) is 28.0. The molecule has 0 spiro atoms. The molecule has 2 aliphatic rings. The Morgan fingerprint density at radius 2 is 2.06 bits per heavy atom. The molecule has 2 aromatic heterocycles. The Hall–Kier alpha value is -3.02. The second-order valence-corrected chi connectivity index (χ2v) is 9.64. The predicted molar refractivity (Wildman–Crippen MR) is 112 cm³/mol. The van der Waals surface area contributed by atoms with Crippen LogP contribution in [0.25, 0.3) is 0 Å². The third-order valence-corrected chi connectivity index (χ3v) is 5.83. The molecule has 2 fully saturated rings. The molecule has 2 unspecified atom stereocenters. The summed E-state index contributed by atoms with van der Waals surface area (Å²) in [7, 11) is 0. The number of rotatable bonds is 7. The van der Waals surface area contributed by atoms with Crippen molar-refractivity contribution in [3.8, 4) is 0 Å². The SMILES string of the molecule is CC(C)(C)[C@@H](C(=O)N1CC(O)CC1C(=O)NCCc1nnc(N)o1)n1cc(C2CC2)nn1. The van der Waals surface area contributed by atoms with Crippen molar-refractivity contribution in [3.63, 3.8) is 0 Å². The number of hydrogen-bond acceptors (Lipinski definition) is 9. The van der Waals surface area contributed by atoms with Crippen LogP contribution in [0.15, 0.2) is 10.6 Å². The molecule has 0 bridgehead atoms. The van der Waals surface area contributed by atoms with E-state index < -0.39 is 23.6 Å². The fourth-order valence-electron chi connectivity index (χ4n) is 4.10. The average molecular weight is 447 g/mol. The van der Waals surface area contributed by atoms with Crippen LogP contribution < -0.4 is 11.1 Å². The number of aromatic nitrogens is 5. The Balaban J connectivity index is 1.46. The van der Waals surface area contributed by atoms with Gasteiger partial charge >= 0.3 is 6.01 Å². The van der Waals surface area contributed by atoms with Crippen molar-refractivity contribution in [3.05, 3.63) is 17.8 Å². The summed E-state index contributed by atoms with van der Waals surface area (Å²) in [6.45, 7) is 6.18. The average Bonchev–Trinajstić information content (AvgIpc) is 3.10. The van der Waals surface area contributed by atoms with Gasteiger partial charge in [-0.05, 0) is 18.3 Å². The van der Waals surface area contributed by atoms with E-state index in [2.05, 4.69) is 25.8 Å². The number of aliphatic hydroxyl groups is 1. The number of nitrogens with one attached hydrogen (secondary N) is 1. The monoisotopic (exact) mass is 446 g/mol. The van der Waals surface area contributed by atoms with Crippen LogP contribution in [-0.2, 0) is 16.0 Å². The first kappa shape index (κ1) is 22.2. The van der Waals surface area contributed by atoms with Crippen molar-refractivity contribution in [1.82, 2.24) is 35.4 Å². The number of β-amino-alcohol motifs (C(OH)–C–C–N with tert-alkyl or cyclic N) is 1.